The number of aliphatic carboxylic acids is 1. The molecular weight excluding hydrogens is 436 g/mol. The molecule has 2 amide bonds. The van der Waals surface area contributed by atoms with E-state index in [2.05, 4.69) is 15.0 Å². The van der Waals surface area contributed by atoms with Crippen LogP contribution >= 0.6 is 0 Å². The molecule has 0 spiro atoms. The lowest BCUT2D eigenvalue weighted by molar-refractivity contribution is -0.149. The van der Waals surface area contributed by atoms with E-state index in [0.29, 0.717) is 17.7 Å². The summed E-state index contributed by atoms with van der Waals surface area (Å²) < 4.78 is 27.8. The molecule has 11 heteroatoms. The smallest absolute Gasteiger partial charge is 0.326 e. The third-order valence-electron chi connectivity index (χ3n) is 4.99. The summed E-state index contributed by atoms with van der Waals surface area (Å²) in [6.07, 6.45) is 3.21. The number of hydrogen-bond acceptors (Lipinski definition) is 6. The molecular formula is C21H24N4O6S. The van der Waals surface area contributed by atoms with E-state index in [9.17, 15) is 27.9 Å². The second-order valence-electron chi connectivity index (χ2n) is 7.43. The maximum atomic E-state index is 13.1. The Morgan fingerprint density at radius 3 is 2.47 bits per heavy atom. The minimum atomic E-state index is -4.00. The van der Waals surface area contributed by atoms with Gasteiger partial charge < -0.3 is 15.3 Å². The molecule has 2 atom stereocenters. The summed E-state index contributed by atoms with van der Waals surface area (Å²) in [6.45, 7) is 0.179. The maximum absolute atomic E-state index is 13.1. The van der Waals surface area contributed by atoms with Crippen LogP contribution in [0.3, 0.4) is 0 Å². The number of pyridine rings is 1. The van der Waals surface area contributed by atoms with Crippen molar-refractivity contribution in [2.45, 2.75) is 37.1 Å². The number of carbonyl (C=O) groups is 3. The Labute approximate surface area is 185 Å². The fraction of sp³-hybridized carbons (Fsp3) is 0.333. The quantitative estimate of drug-likeness (QED) is 0.505. The van der Waals surface area contributed by atoms with Gasteiger partial charge in [0.2, 0.25) is 21.8 Å². The Morgan fingerprint density at radius 2 is 1.81 bits per heavy atom. The molecule has 2 aromatic rings. The second kappa shape index (κ2) is 10.3. The molecule has 1 saturated heterocycles. The highest BCUT2D eigenvalue weighted by molar-refractivity contribution is 7.88. The molecule has 10 nitrogen and oxygen atoms in total. The van der Waals surface area contributed by atoms with E-state index in [1.807, 2.05) is 0 Å². The van der Waals surface area contributed by atoms with E-state index >= 15 is 0 Å². The fourth-order valence-electron chi connectivity index (χ4n) is 3.55. The highest BCUT2D eigenvalue weighted by Crippen LogP contribution is 2.20. The summed E-state index contributed by atoms with van der Waals surface area (Å²) in [5, 5.41) is 12.0. The number of nitrogens with one attached hydrogen (secondary N) is 2. The zero-order chi connectivity index (χ0) is 23.1. The van der Waals surface area contributed by atoms with E-state index in [-0.39, 0.29) is 18.7 Å². The first kappa shape index (κ1) is 23.4. The van der Waals surface area contributed by atoms with Crippen molar-refractivity contribution in [2.24, 2.45) is 0 Å². The van der Waals surface area contributed by atoms with Crippen molar-refractivity contribution in [3.05, 3.63) is 60.4 Å². The van der Waals surface area contributed by atoms with Crippen LogP contribution in [0.5, 0.6) is 0 Å². The van der Waals surface area contributed by atoms with Crippen molar-refractivity contribution in [3.8, 4) is 0 Å². The van der Waals surface area contributed by atoms with Crippen LogP contribution in [0, 0.1) is 0 Å². The lowest BCUT2D eigenvalue weighted by Gasteiger charge is -2.27. The van der Waals surface area contributed by atoms with E-state index in [4.69, 9.17) is 0 Å². The number of benzene rings is 1. The fourth-order valence-corrected chi connectivity index (χ4v) is 4.88. The molecule has 3 N–H and O–H groups in total. The normalized spacial score (nSPS) is 17.0. The van der Waals surface area contributed by atoms with Gasteiger partial charge in [0, 0.05) is 24.6 Å². The van der Waals surface area contributed by atoms with Crippen molar-refractivity contribution >= 4 is 33.5 Å². The molecule has 32 heavy (non-hydrogen) atoms. The van der Waals surface area contributed by atoms with Crippen molar-refractivity contribution in [1.29, 1.82) is 0 Å². The molecule has 1 aromatic heterocycles. The molecule has 2 unspecified atom stereocenters. The number of amides is 2. The first-order valence-corrected chi connectivity index (χ1v) is 11.7. The van der Waals surface area contributed by atoms with Gasteiger partial charge >= 0.3 is 5.97 Å². The summed E-state index contributed by atoms with van der Waals surface area (Å²) in [5.74, 6) is -2.88. The van der Waals surface area contributed by atoms with Crippen LogP contribution in [0.4, 0.5) is 5.69 Å². The maximum Gasteiger partial charge on any atom is 0.326 e. The predicted molar refractivity (Wildman–Crippen MR) is 116 cm³/mol. The number of aromatic nitrogens is 1. The summed E-state index contributed by atoms with van der Waals surface area (Å²) >= 11 is 0. The third-order valence-corrected chi connectivity index (χ3v) is 6.35. The van der Waals surface area contributed by atoms with Crippen LogP contribution in [-0.4, -0.2) is 59.8 Å². The van der Waals surface area contributed by atoms with Gasteiger partial charge in [-0.2, -0.15) is 0 Å². The molecule has 0 saturated carbocycles. The number of rotatable bonds is 9. The van der Waals surface area contributed by atoms with Crippen LogP contribution < -0.4 is 10.0 Å². The first-order chi connectivity index (χ1) is 15.2. The Hall–Kier alpha value is -3.31. The standard InChI is InChI=1S/C21H24N4O6S/c26-19(23-16-8-10-22-11-9-16)13-17(20(27)25-12-4-7-18(25)21(28)29)24-32(30,31)14-15-5-2-1-3-6-15/h1-3,5-6,8-11,17-18,24H,4,7,12-14H2,(H,28,29)(H,22,23,26). The molecule has 3 rings (SSSR count). The summed E-state index contributed by atoms with van der Waals surface area (Å²) in [5.41, 5.74) is 0.949. The predicted octanol–water partition coefficient (Wildman–Crippen LogP) is 0.974. The van der Waals surface area contributed by atoms with Gasteiger partial charge in [-0.1, -0.05) is 30.3 Å². The average molecular weight is 461 g/mol. The zero-order valence-electron chi connectivity index (χ0n) is 17.2. The van der Waals surface area contributed by atoms with Gasteiger partial charge in [0.15, 0.2) is 0 Å². The van der Waals surface area contributed by atoms with Gasteiger partial charge in [-0.15, -0.1) is 0 Å². The molecule has 0 bridgehead atoms. The monoisotopic (exact) mass is 460 g/mol. The van der Waals surface area contributed by atoms with E-state index in [1.54, 1.807) is 42.5 Å². The SMILES string of the molecule is O=C(CC(NS(=O)(=O)Cc1ccccc1)C(=O)N1CCCC1C(=O)O)Nc1ccncc1. The third kappa shape index (κ3) is 6.34. The number of sulfonamides is 1. The van der Waals surface area contributed by atoms with E-state index in [1.165, 1.54) is 12.4 Å². The molecule has 2 heterocycles. The van der Waals surface area contributed by atoms with Gasteiger partial charge in [-0.25, -0.2) is 17.9 Å². The lowest BCUT2D eigenvalue weighted by Crippen LogP contribution is -2.52. The van der Waals surface area contributed by atoms with Crippen LogP contribution in [0.25, 0.3) is 0 Å². The number of nitrogens with zero attached hydrogens (tertiary/aromatic N) is 2. The number of carboxylic acids is 1. The Bertz CT molecular complexity index is 1060. The minimum Gasteiger partial charge on any atom is -0.480 e. The molecule has 170 valence electrons. The summed E-state index contributed by atoms with van der Waals surface area (Å²) in [6, 6.07) is 9.01. The number of carboxylic acid groups (broad SMARTS) is 1. The number of carbonyl (C=O) groups excluding carboxylic acids is 2. The molecule has 1 aliphatic rings. The summed E-state index contributed by atoms with van der Waals surface area (Å²) in [7, 11) is -4.00. The minimum absolute atomic E-state index is 0.179. The zero-order valence-corrected chi connectivity index (χ0v) is 18.0. The second-order valence-corrected chi connectivity index (χ2v) is 9.19. The van der Waals surface area contributed by atoms with Gasteiger partial charge in [0.25, 0.3) is 0 Å². The van der Waals surface area contributed by atoms with Gasteiger partial charge in [-0.05, 0) is 30.5 Å². The number of hydrogen-bond donors (Lipinski definition) is 3. The van der Waals surface area contributed by atoms with Gasteiger partial charge in [0.05, 0.1) is 12.2 Å². The van der Waals surface area contributed by atoms with Gasteiger partial charge in [-0.3, -0.25) is 14.6 Å². The molecule has 1 fully saturated rings. The number of likely N-dealkylation sites (tertiary alicyclic amines) is 1. The van der Waals surface area contributed by atoms with Crippen molar-refractivity contribution < 1.29 is 27.9 Å². The van der Waals surface area contributed by atoms with Gasteiger partial charge in [0.1, 0.15) is 12.1 Å². The van der Waals surface area contributed by atoms with Crippen molar-refractivity contribution in [1.82, 2.24) is 14.6 Å². The molecule has 1 aromatic carbocycles. The van der Waals surface area contributed by atoms with E-state index < -0.39 is 46.3 Å². The Kier molecular flexibility index (Phi) is 7.54. The Balaban J connectivity index is 1.79. The topological polar surface area (TPSA) is 146 Å². The van der Waals surface area contributed by atoms with Crippen molar-refractivity contribution in [3.63, 3.8) is 0 Å². The van der Waals surface area contributed by atoms with Crippen molar-refractivity contribution in [2.75, 3.05) is 11.9 Å². The summed E-state index contributed by atoms with van der Waals surface area (Å²) in [4.78, 5) is 42.2. The molecule has 1 aliphatic heterocycles. The lowest BCUT2D eigenvalue weighted by atomic mass is 10.1. The first-order valence-electron chi connectivity index (χ1n) is 10.0. The largest absolute Gasteiger partial charge is 0.480 e. The highest BCUT2D eigenvalue weighted by atomic mass is 32.2. The number of anilines is 1. The average Bonchev–Trinajstić information content (AvgIpc) is 3.24. The van der Waals surface area contributed by atoms with Crippen LogP contribution in [0.15, 0.2) is 54.9 Å². The van der Waals surface area contributed by atoms with Crippen LogP contribution in [-0.2, 0) is 30.2 Å². The van der Waals surface area contributed by atoms with E-state index in [0.717, 1.165) is 4.90 Å². The molecule has 0 aliphatic carbocycles. The Morgan fingerprint density at radius 1 is 1.12 bits per heavy atom. The highest BCUT2D eigenvalue weighted by Gasteiger charge is 2.39. The van der Waals surface area contributed by atoms with Crippen LogP contribution in [0.1, 0.15) is 24.8 Å². The molecule has 0 radical (unpaired) electrons. The van der Waals surface area contributed by atoms with Crippen LogP contribution in [0.2, 0.25) is 0 Å².